The Morgan fingerprint density at radius 2 is 2.09 bits per heavy atom. The van der Waals surface area contributed by atoms with E-state index in [1.165, 1.54) is 6.26 Å². The summed E-state index contributed by atoms with van der Waals surface area (Å²) in [6.07, 6.45) is 3.08. The fraction of sp³-hybridized carbons (Fsp3) is 0.188. The molecule has 0 saturated carbocycles. The van der Waals surface area contributed by atoms with Gasteiger partial charge in [0.2, 0.25) is 0 Å². The second kappa shape index (κ2) is 6.36. The molecule has 2 heterocycles. The molecule has 2 aromatic heterocycles. The van der Waals surface area contributed by atoms with Crippen LogP contribution in [0.2, 0.25) is 0 Å². The topological polar surface area (TPSA) is 77.9 Å². The molecule has 3 aromatic rings. The average Bonchev–Trinajstić information content (AvgIpc) is 3.23. The predicted molar refractivity (Wildman–Crippen MR) is 77.5 cm³/mol. The summed E-state index contributed by atoms with van der Waals surface area (Å²) in [6.45, 7) is 0.186. The largest absolute Gasteiger partial charge is 0.493 e. The Morgan fingerprint density at radius 1 is 1.18 bits per heavy atom. The molecule has 0 unspecified atom stereocenters. The molecule has 6 nitrogen and oxygen atoms in total. The Kier molecular flexibility index (Phi) is 4.11. The molecule has 3 rings (SSSR count). The van der Waals surface area contributed by atoms with Crippen LogP contribution in [0.25, 0.3) is 11.7 Å². The molecule has 0 fully saturated rings. The van der Waals surface area contributed by atoms with E-state index in [9.17, 15) is 0 Å². The van der Waals surface area contributed by atoms with Crippen molar-refractivity contribution in [3.8, 4) is 23.1 Å². The predicted octanol–water partition coefficient (Wildman–Crippen LogP) is 3.01. The van der Waals surface area contributed by atoms with Crippen molar-refractivity contribution in [2.24, 2.45) is 0 Å². The highest BCUT2D eigenvalue weighted by Gasteiger charge is 2.11. The number of nitrogens with zero attached hydrogens (tertiary/aromatic N) is 1. The number of ether oxygens (including phenoxy) is 2. The quantitative estimate of drug-likeness (QED) is 0.754. The molecule has 0 bridgehead atoms. The third kappa shape index (κ3) is 2.96. The van der Waals surface area contributed by atoms with Gasteiger partial charge in [-0.05, 0) is 29.8 Å². The third-order valence-electron chi connectivity index (χ3n) is 3.07. The molecular weight excluding hydrogens is 286 g/mol. The number of aromatic nitrogens is 1. The molecule has 6 heteroatoms. The van der Waals surface area contributed by atoms with Gasteiger partial charge in [-0.3, -0.25) is 0 Å². The van der Waals surface area contributed by atoms with Crippen LogP contribution in [-0.4, -0.2) is 17.2 Å². The maximum atomic E-state index is 9.12. The number of oxazole rings is 1. The fourth-order valence-electron chi connectivity index (χ4n) is 1.97. The highest BCUT2D eigenvalue weighted by Crippen LogP contribution is 2.29. The summed E-state index contributed by atoms with van der Waals surface area (Å²) < 4.78 is 21.5. The first kappa shape index (κ1) is 14.2. The van der Waals surface area contributed by atoms with Crippen LogP contribution < -0.4 is 9.47 Å². The van der Waals surface area contributed by atoms with Crippen molar-refractivity contribution >= 4 is 0 Å². The first-order valence-electron chi connectivity index (χ1n) is 6.69. The summed E-state index contributed by atoms with van der Waals surface area (Å²) >= 11 is 0. The maximum absolute atomic E-state index is 9.12. The van der Waals surface area contributed by atoms with E-state index >= 15 is 0 Å². The van der Waals surface area contributed by atoms with Crippen molar-refractivity contribution in [3.63, 3.8) is 0 Å². The van der Waals surface area contributed by atoms with Crippen LogP contribution in [0.1, 0.15) is 11.3 Å². The molecule has 0 aliphatic rings. The van der Waals surface area contributed by atoms with Crippen LogP contribution in [-0.2, 0) is 13.2 Å². The number of aliphatic hydroxyl groups excluding tert-OH is 1. The second-order valence-corrected chi connectivity index (χ2v) is 4.55. The second-order valence-electron chi connectivity index (χ2n) is 4.55. The SMILES string of the molecule is COc1cc(CO)ccc1OCc1coc(-c2ccco2)n1. The van der Waals surface area contributed by atoms with E-state index in [1.807, 2.05) is 0 Å². The summed E-state index contributed by atoms with van der Waals surface area (Å²) in [4.78, 5) is 4.29. The lowest BCUT2D eigenvalue weighted by atomic mass is 10.2. The van der Waals surface area contributed by atoms with Crippen LogP contribution in [0.3, 0.4) is 0 Å². The summed E-state index contributed by atoms with van der Waals surface area (Å²) in [6, 6.07) is 8.79. The number of hydrogen-bond acceptors (Lipinski definition) is 6. The van der Waals surface area contributed by atoms with Crippen molar-refractivity contribution < 1.29 is 23.4 Å². The molecule has 0 amide bonds. The Balaban J connectivity index is 1.70. The monoisotopic (exact) mass is 301 g/mol. The van der Waals surface area contributed by atoms with Crippen molar-refractivity contribution in [2.45, 2.75) is 13.2 Å². The van der Waals surface area contributed by atoms with E-state index in [4.69, 9.17) is 23.4 Å². The van der Waals surface area contributed by atoms with Gasteiger partial charge in [0.05, 0.1) is 20.0 Å². The van der Waals surface area contributed by atoms with Crippen molar-refractivity contribution in [3.05, 3.63) is 54.1 Å². The van der Waals surface area contributed by atoms with E-state index in [0.29, 0.717) is 28.8 Å². The minimum Gasteiger partial charge on any atom is -0.493 e. The zero-order valence-corrected chi connectivity index (χ0v) is 12.0. The Hall–Kier alpha value is -2.73. The van der Waals surface area contributed by atoms with Crippen LogP contribution in [0.4, 0.5) is 0 Å². The zero-order chi connectivity index (χ0) is 15.4. The number of furan rings is 1. The Morgan fingerprint density at radius 3 is 2.82 bits per heavy atom. The smallest absolute Gasteiger partial charge is 0.263 e. The number of hydrogen-bond donors (Lipinski definition) is 1. The third-order valence-corrected chi connectivity index (χ3v) is 3.07. The highest BCUT2D eigenvalue weighted by molar-refractivity contribution is 5.44. The molecule has 1 aromatic carbocycles. The maximum Gasteiger partial charge on any atom is 0.263 e. The first-order valence-corrected chi connectivity index (χ1v) is 6.69. The van der Waals surface area contributed by atoms with E-state index in [2.05, 4.69) is 4.98 Å². The summed E-state index contributed by atoms with van der Waals surface area (Å²) in [5, 5.41) is 9.12. The minimum absolute atomic E-state index is 0.0492. The van der Waals surface area contributed by atoms with Crippen LogP contribution in [0, 0.1) is 0 Å². The summed E-state index contributed by atoms with van der Waals surface area (Å²) in [7, 11) is 1.55. The molecule has 0 atom stereocenters. The van der Waals surface area contributed by atoms with Gasteiger partial charge in [0.15, 0.2) is 17.3 Å². The lowest BCUT2D eigenvalue weighted by Gasteiger charge is -2.10. The number of methoxy groups -OCH3 is 1. The lowest BCUT2D eigenvalue weighted by molar-refractivity contribution is 0.272. The number of benzene rings is 1. The standard InChI is InChI=1S/C16H15NO5/c1-19-15-7-11(8-18)4-5-13(15)21-9-12-10-22-16(17-12)14-3-2-6-20-14/h2-7,10,18H,8-9H2,1H3. The van der Waals surface area contributed by atoms with Gasteiger partial charge in [0, 0.05) is 0 Å². The van der Waals surface area contributed by atoms with E-state index in [1.54, 1.807) is 43.7 Å². The van der Waals surface area contributed by atoms with Gasteiger partial charge >= 0.3 is 0 Å². The van der Waals surface area contributed by atoms with Crippen LogP contribution in [0.15, 0.2) is 51.7 Å². The van der Waals surface area contributed by atoms with Gasteiger partial charge < -0.3 is 23.4 Å². The molecule has 0 saturated heterocycles. The van der Waals surface area contributed by atoms with Crippen LogP contribution >= 0.6 is 0 Å². The van der Waals surface area contributed by atoms with Gasteiger partial charge in [-0.2, -0.15) is 0 Å². The highest BCUT2D eigenvalue weighted by atomic mass is 16.5. The fourth-order valence-corrected chi connectivity index (χ4v) is 1.97. The van der Waals surface area contributed by atoms with Crippen molar-refractivity contribution in [1.82, 2.24) is 4.98 Å². The number of rotatable bonds is 6. The van der Waals surface area contributed by atoms with Gasteiger partial charge in [-0.15, -0.1) is 0 Å². The van der Waals surface area contributed by atoms with Crippen LogP contribution in [0.5, 0.6) is 11.5 Å². The van der Waals surface area contributed by atoms with Crippen molar-refractivity contribution in [2.75, 3.05) is 7.11 Å². The first-order chi connectivity index (χ1) is 10.8. The summed E-state index contributed by atoms with van der Waals surface area (Å²) in [5.74, 6) is 2.10. The number of aliphatic hydroxyl groups is 1. The average molecular weight is 301 g/mol. The van der Waals surface area contributed by atoms with E-state index < -0.39 is 0 Å². The van der Waals surface area contributed by atoms with Gasteiger partial charge in [-0.1, -0.05) is 6.07 Å². The molecule has 1 N–H and O–H groups in total. The normalized spacial score (nSPS) is 10.6. The van der Waals surface area contributed by atoms with Crippen molar-refractivity contribution in [1.29, 1.82) is 0 Å². The molecule has 22 heavy (non-hydrogen) atoms. The van der Waals surface area contributed by atoms with Gasteiger partial charge in [0.1, 0.15) is 18.6 Å². The Labute approximate surface area is 126 Å². The van der Waals surface area contributed by atoms with Gasteiger partial charge in [-0.25, -0.2) is 4.98 Å². The lowest BCUT2D eigenvalue weighted by Crippen LogP contribution is -1.99. The van der Waals surface area contributed by atoms with E-state index in [-0.39, 0.29) is 13.2 Å². The molecule has 0 aliphatic heterocycles. The Bertz CT molecular complexity index is 733. The molecule has 0 spiro atoms. The molecule has 0 aliphatic carbocycles. The zero-order valence-electron chi connectivity index (χ0n) is 12.0. The van der Waals surface area contributed by atoms with Gasteiger partial charge in [0.25, 0.3) is 5.89 Å². The summed E-state index contributed by atoms with van der Waals surface area (Å²) in [5.41, 5.74) is 1.39. The molecule has 114 valence electrons. The minimum atomic E-state index is -0.0492. The van der Waals surface area contributed by atoms with E-state index in [0.717, 1.165) is 5.56 Å². The molecular formula is C16H15NO5. The molecule has 0 radical (unpaired) electrons.